The van der Waals surface area contributed by atoms with E-state index >= 15 is 0 Å². The largest absolute Gasteiger partial charge is 0.350 e. The van der Waals surface area contributed by atoms with E-state index in [0.717, 1.165) is 19.3 Å². The summed E-state index contributed by atoms with van der Waals surface area (Å²) < 4.78 is 13.4. The Hall–Kier alpha value is -1.91. The summed E-state index contributed by atoms with van der Waals surface area (Å²) in [5.74, 6) is -1.00. The number of halogens is 1. The molecule has 5 heteroatoms. The van der Waals surface area contributed by atoms with Gasteiger partial charge in [0, 0.05) is 26.6 Å². The molecule has 0 unspecified atom stereocenters. The maximum atomic E-state index is 13.4. The predicted octanol–water partition coefficient (Wildman–Crippen LogP) is 2.59. The first-order chi connectivity index (χ1) is 10.1. The van der Waals surface area contributed by atoms with Gasteiger partial charge in [0.1, 0.15) is 5.82 Å². The Balaban J connectivity index is 2.41. The summed E-state index contributed by atoms with van der Waals surface area (Å²) in [5, 5.41) is 2.64. The van der Waals surface area contributed by atoms with Gasteiger partial charge in [-0.15, -0.1) is 0 Å². The predicted molar refractivity (Wildman–Crippen MR) is 80.5 cm³/mol. The van der Waals surface area contributed by atoms with Crippen LogP contribution in [0.1, 0.15) is 43.5 Å². The number of unbranched alkanes of at least 4 members (excludes halogenated alkanes) is 2. The lowest BCUT2D eigenvalue weighted by Gasteiger charge is -2.21. The second-order valence-electron chi connectivity index (χ2n) is 4.95. The minimum Gasteiger partial charge on any atom is -0.350 e. The minimum absolute atomic E-state index is 0.00811. The Morgan fingerprint density at radius 2 is 1.90 bits per heavy atom. The van der Waals surface area contributed by atoms with Crippen molar-refractivity contribution in [2.45, 2.75) is 33.1 Å². The molecule has 116 valence electrons. The lowest BCUT2D eigenvalue weighted by molar-refractivity contribution is -0.128. The molecule has 0 aliphatic carbocycles. The van der Waals surface area contributed by atoms with Crippen molar-refractivity contribution in [2.75, 3.05) is 19.6 Å². The highest BCUT2D eigenvalue weighted by atomic mass is 19.1. The fourth-order valence-electron chi connectivity index (χ4n) is 2.02. The van der Waals surface area contributed by atoms with E-state index in [1.807, 2.05) is 0 Å². The van der Waals surface area contributed by atoms with Crippen molar-refractivity contribution in [3.05, 3.63) is 35.6 Å². The molecule has 0 atom stereocenters. The summed E-state index contributed by atoms with van der Waals surface area (Å²) in [4.78, 5) is 25.0. The van der Waals surface area contributed by atoms with Crippen molar-refractivity contribution in [3.8, 4) is 0 Å². The lowest BCUT2D eigenvalue weighted by Crippen LogP contribution is -2.38. The van der Waals surface area contributed by atoms with E-state index in [2.05, 4.69) is 12.2 Å². The molecule has 1 aromatic rings. The second kappa shape index (κ2) is 9.10. The molecular formula is C16H23FN2O2. The van der Waals surface area contributed by atoms with Crippen LogP contribution in [0, 0.1) is 5.82 Å². The molecule has 21 heavy (non-hydrogen) atoms. The summed E-state index contributed by atoms with van der Waals surface area (Å²) in [7, 11) is 0. The third-order valence-electron chi connectivity index (χ3n) is 3.26. The molecule has 1 N–H and O–H groups in total. The number of carbonyl (C=O) groups is 2. The van der Waals surface area contributed by atoms with Crippen LogP contribution >= 0.6 is 0 Å². The Kier molecular flexibility index (Phi) is 7.43. The van der Waals surface area contributed by atoms with Gasteiger partial charge in [0.05, 0.1) is 5.56 Å². The quantitative estimate of drug-likeness (QED) is 0.749. The number of amides is 2. The topological polar surface area (TPSA) is 49.4 Å². The zero-order valence-electron chi connectivity index (χ0n) is 12.7. The van der Waals surface area contributed by atoms with Gasteiger partial charge in [0.2, 0.25) is 5.91 Å². The van der Waals surface area contributed by atoms with Crippen molar-refractivity contribution < 1.29 is 14.0 Å². The molecule has 0 saturated heterocycles. The van der Waals surface area contributed by atoms with Crippen molar-refractivity contribution >= 4 is 11.8 Å². The Morgan fingerprint density at radius 3 is 2.52 bits per heavy atom. The Morgan fingerprint density at radius 1 is 1.19 bits per heavy atom. The molecular weight excluding hydrogens is 271 g/mol. The van der Waals surface area contributed by atoms with Crippen LogP contribution in [0.4, 0.5) is 4.39 Å². The highest BCUT2D eigenvalue weighted by molar-refractivity contribution is 5.94. The van der Waals surface area contributed by atoms with E-state index in [0.29, 0.717) is 19.6 Å². The molecule has 0 heterocycles. The average molecular weight is 294 g/mol. The van der Waals surface area contributed by atoms with Gasteiger partial charge in [0.15, 0.2) is 0 Å². The van der Waals surface area contributed by atoms with Crippen molar-refractivity contribution in [2.24, 2.45) is 0 Å². The van der Waals surface area contributed by atoms with E-state index in [1.54, 1.807) is 11.0 Å². The van der Waals surface area contributed by atoms with Crippen LogP contribution in [0.3, 0.4) is 0 Å². The molecule has 0 radical (unpaired) electrons. The molecule has 4 nitrogen and oxygen atoms in total. The van der Waals surface area contributed by atoms with Crippen molar-refractivity contribution in [1.82, 2.24) is 10.2 Å². The first-order valence-electron chi connectivity index (χ1n) is 7.34. The zero-order chi connectivity index (χ0) is 15.7. The SMILES string of the molecule is CCCCCN(CCNC(=O)c1ccccc1F)C(C)=O. The standard InChI is InChI=1S/C16H23FN2O2/c1-3-4-7-11-19(13(2)20)12-10-18-16(21)14-8-5-6-9-15(14)17/h5-6,8-9H,3-4,7,10-12H2,1-2H3,(H,18,21). The Labute approximate surface area is 125 Å². The molecule has 1 aromatic carbocycles. The normalized spacial score (nSPS) is 10.2. The number of nitrogens with zero attached hydrogens (tertiary/aromatic N) is 1. The van der Waals surface area contributed by atoms with E-state index in [4.69, 9.17) is 0 Å². The van der Waals surface area contributed by atoms with Crippen molar-refractivity contribution in [1.29, 1.82) is 0 Å². The third kappa shape index (κ3) is 5.94. The van der Waals surface area contributed by atoms with E-state index in [-0.39, 0.29) is 11.5 Å². The lowest BCUT2D eigenvalue weighted by atomic mass is 10.2. The highest BCUT2D eigenvalue weighted by Crippen LogP contribution is 2.05. The van der Waals surface area contributed by atoms with Gasteiger partial charge in [-0.05, 0) is 18.6 Å². The van der Waals surface area contributed by atoms with Crippen LogP contribution in [0.5, 0.6) is 0 Å². The molecule has 0 saturated carbocycles. The fourth-order valence-corrected chi connectivity index (χ4v) is 2.02. The number of carbonyl (C=O) groups excluding carboxylic acids is 2. The van der Waals surface area contributed by atoms with Crippen molar-refractivity contribution in [3.63, 3.8) is 0 Å². The smallest absolute Gasteiger partial charge is 0.254 e. The minimum atomic E-state index is -0.540. The molecule has 0 aliphatic heterocycles. The maximum absolute atomic E-state index is 13.4. The Bertz CT molecular complexity index is 477. The molecule has 2 amide bonds. The summed E-state index contributed by atoms with van der Waals surface area (Å²) in [5.41, 5.74) is 0.0258. The third-order valence-corrected chi connectivity index (χ3v) is 3.26. The molecule has 0 aliphatic rings. The van der Waals surface area contributed by atoms with Crippen LogP contribution in [0.2, 0.25) is 0 Å². The number of benzene rings is 1. The molecule has 1 rings (SSSR count). The number of nitrogens with one attached hydrogen (secondary N) is 1. The fraction of sp³-hybridized carbons (Fsp3) is 0.500. The van der Waals surface area contributed by atoms with Crippen LogP contribution in [-0.2, 0) is 4.79 Å². The van der Waals surface area contributed by atoms with Gasteiger partial charge in [0.25, 0.3) is 5.91 Å². The first-order valence-corrected chi connectivity index (χ1v) is 7.34. The summed E-state index contributed by atoms with van der Waals surface area (Å²) in [6.45, 7) is 5.08. The second-order valence-corrected chi connectivity index (χ2v) is 4.95. The van der Waals surface area contributed by atoms with Crippen LogP contribution in [-0.4, -0.2) is 36.3 Å². The molecule has 0 spiro atoms. The van der Waals surface area contributed by atoms with Crippen LogP contribution in [0.25, 0.3) is 0 Å². The summed E-state index contributed by atoms with van der Waals surface area (Å²) in [6.07, 6.45) is 3.12. The molecule has 0 fully saturated rings. The van der Waals surface area contributed by atoms with Gasteiger partial charge in [-0.2, -0.15) is 0 Å². The summed E-state index contributed by atoms with van der Waals surface area (Å²) in [6, 6.07) is 5.85. The number of hydrogen-bond acceptors (Lipinski definition) is 2. The van der Waals surface area contributed by atoms with Gasteiger partial charge in [-0.25, -0.2) is 4.39 Å². The van der Waals surface area contributed by atoms with Crippen LogP contribution in [0.15, 0.2) is 24.3 Å². The van der Waals surface area contributed by atoms with E-state index < -0.39 is 11.7 Å². The number of hydrogen-bond donors (Lipinski definition) is 1. The average Bonchev–Trinajstić information content (AvgIpc) is 2.45. The van der Waals surface area contributed by atoms with Gasteiger partial charge in [-0.3, -0.25) is 9.59 Å². The molecule has 0 bridgehead atoms. The number of rotatable bonds is 8. The van der Waals surface area contributed by atoms with Crippen LogP contribution < -0.4 is 5.32 Å². The van der Waals surface area contributed by atoms with Gasteiger partial charge in [-0.1, -0.05) is 31.9 Å². The van der Waals surface area contributed by atoms with Gasteiger partial charge >= 0.3 is 0 Å². The van der Waals surface area contributed by atoms with Gasteiger partial charge < -0.3 is 10.2 Å². The summed E-state index contributed by atoms with van der Waals surface area (Å²) >= 11 is 0. The van der Waals surface area contributed by atoms with E-state index in [1.165, 1.54) is 25.1 Å². The zero-order valence-corrected chi connectivity index (χ0v) is 12.7. The highest BCUT2D eigenvalue weighted by Gasteiger charge is 2.12. The maximum Gasteiger partial charge on any atom is 0.254 e. The molecule has 0 aromatic heterocycles. The first kappa shape index (κ1) is 17.1. The van der Waals surface area contributed by atoms with E-state index in [9.17, 15) is 14.0 Å². The monoisotopic (exact) mass is 294 g/mol.